The van der Waals surface area contributed by atoms with E-state index in [1.54, 1.807) is 12.1 Å². The molecule has 0 aromatic heterocycles. The summed E-state index contributed by atoms with van der Waals surface area (Å²) in [6, 6.07) is 14.3. The van der Waals surface area contributed by atoms with Gasteiger partial charge < -0.3 is 14.8 Å². The van der Waals surface area contributed by atoms with E-state index in [0.717, 1.165) is 29.5 Å². The number of nitrogens with one attached hydrogen (secondary N) is 1. The van der Waals surface area contributed by atoms with Gasteiger partial charge in [-0.15, -0.1) is 0 Å². The van der Waals surface area contributed by atoms with Gasteiger partial charge in [0.1, 0.15) is 5.25 Å². The molecule has 2 amide bonds. The Labute approximate surface area is 248 Å². The zero-order valence-electron chi connectivity index (χ0n) is 21.8. The van der Waals surface area contributed by atoms with E-state index in [1.807, 2.05) is 6.07 Å². The fourth-order valence-electron chi connectivity index (χ4n) is 4.05. The molecular weight excluding hydrogens is 602 g/mol. The molecule has 0 aliphatic carbocycles. The summed E-state index contributed by atoms with van der Waals surface area (Å²) in [6.07, 6.45) is -4.34. The van der Waals surface area contributed by atoms with Crippen LogP contribution in [0.3, 0.4) is 0 Å². The maximum Gasteiger partial charge on any atom is 0.416 e. The predicted octanol–water partition coefficient (Wildman–Crippen LogP) is 7.23. The Morgan fingerprint density at radius 2 is 1.76 bits per heavy atom. The number of ether oxygens (including phenoxy) is 2. The second-order valence-corrected chi connectivity index (χ2v) is 10.9. The molecule has 1 heterocycles. The highest BCUT2D eigenvalue weighted by atomic mass is 35.5. The maximum absolute atomic E-state index is 13.3. The van der Waals surface area contributed by atoms with Gasteiger partial charge in [0.2, 0.25) is 11.8 Å². The van der Waals surface area contributed by atoms with Crippen molar-refractivity contribution < 1.29 is 32.2 Å². The summed E-state index contributed by atoms with van der Waals surface area (Å²) in [7, 11) is 3.03. The molecule has 4 rings (SSSR count). The molecule has 216 valence electrons. The topological polar surface area (TPSA) is 80.2 Å². The molecule has 1 fully saturated rings. The lowest BCUT2D eigenvalue weighted by atomic mass is 10.1. The lowest BCUT2D eigenvalue weighted by molar-refractivity contribution is -0.137. The molecule has 3 aromatic carbocycles. The lowest BCUT2D eigenvalue weighted by Gasteiger charge is -2.32. The standard InChI is InChI=1S/C28H24Cl2F3N3O4S/c1-39-22-7-6-16(10-23(22)40-2)8-9-36-25(37)15-24(26(38)34-21-13-18(29)12-19(30)14-21)41-27(36)35-20-5-3-4-17(11-20)28(31,32)33/h3-7,10-14,24H,8-9,15H2,1-2H3,(H,34,38). The Bertz CT molecular complexity index is 1470. The first-order chi connectivity index (χ1) is 19.5. The summed E-state index contributed by atoms with van der Waals surface area (Å²) in [4.78, 5) is 32.2. The molecular formula is C28H24Cl2F3N3O4S. The van der Waals surface area contributed by atoms with Crippen molar-refractivity contribution in [1.82, 2.24) is 4.90 Å². The number of thioether (sulfide) groups is 1. The number of halogens is 5. The zero-order chi connectivity index (χ0) is 29.7. The number of benzene rings is 3. The van der Waals surface area contributed by atoms with Crippen LogP contribution in [0.25, 0.3) is 0 Å². The number of alkyl halides is 3. The van der Waals surface area contributed by atoms with Crippen LogP contribution in [0.1, 0.15) is 17.5 Å². The molecule has 1 aliphatic rings. The highest BCUT2D eigenvalue weighted by Crippen LogP contribution is 2.35. The number of rotatable bonds is 8. The maximum atomic E-state index is 13.3. The highest BCUT2D eigenvalue weighted by molar-refractivity contribution is 8.15. The molecule has 1 atom stereocenters. The third kappa shape index (κ3) is 7.87. The van der Waals surface area contributed by atoms with Crippen LogP contribution in [0.2, 0.25) is 10.0 Å². The highest BCUT2D eigenvalue weighted by Gasteiger charge is 2.36. The minimum absolute atomic E-state index is 0.00563. The summed E-state index contributed by atoms with van der Waals surface area (Å²) >= 11 is 13.0. The number of aliphatic imine (C=N–C) groups is 1. The normalized spacial score (nSPS) is 16.6. The van der Waals surface area contributed by atoms with Gasteiger partial charge in [-0.3, -0.25) is 14.5 Å². The molecule has 41 heavy (non-hydrogen) atoms. The van der Waals surface area contributed by atoms with E-state index in [0.29, 0.717) is 33.7 Å². The smallest absolute Gasteiger partial charge is 0.416 e. The molecule has 0 spiro atoms. The molecule has 13 heteroatoms. The number of anilines is 1. The molecule has 7 nitrogen and oxygen atoms in total. The number of nitrogens with zero attached hydrogens (tertiary/aromatic N) is 2. The minimum Gasteiger partial charge on any atom is -0.493 e. The summed E-state index contributed by atoms with van der Waals surface area (Å²) in [6.45, 7) is 0.164. The fourth-order valence-corrected chi connectivity index (χ4v) is 5.70. The van der Waals surface area contributed by atoms with Gasteiger partial charge in [-0.2, -0.15) is 13.2 Å². The van der Waals surface area contributed by atoms with E-state index in [2.05, 4.69) is 10.3 Å². The van der Waals surface area contributed by atoms with Crippen molar-refractivity contribution in [2.75, 3.05) is 26.1 Å². The number of methoxy groups -OCH3 is 2. The number of amidine groups is 1. The van der Waals surface area contributed by atoms with Crippen LogP contribution in [0, 0.1) is 0 Å². The Balaban J connectivity index is 1.61. The lowest BCUT2D eigenvalue weighted by Crippen LogP contribution is -2.46. The molecule has 1 unspecified atom stereocenters. The second kappa shape index (κ2) is 13.1. The van der Waals surface area contributed by atoms with Crippen molar-refractivity contribution in [1.29, 1.82) is 0 Å². The van der Waals surface area contributed by atoms with Gasteiger partial charge in [0.25, 0.3) is 0 Å². The fraction of sp³-hybridized carbons (Fsp3) is 0.250. The van der Waals surface area contributed by atoms with Gasteiger partial charge >= 0.3 is 6.18 Å². The third-order valence-corrected chi connectivity index (χ3v) is 7.66. The zero-order valence-corrected chi connectivity index (χ0v) is 24.1. The first-order valence-electron chi connectivity index (χ1n) is 12.2. The van der Waals surface area contributed by atoms with Crippen molar-refractivity contribution >= 4 is 63.3 Å². The summed E-state index contributed by atoms with van der Waals surface area (Å²) in [5.41, 5.74) is 0.286. The molecule has 0 bridgehead atoms. The third-order valence-electron chi connectivity index (χ3n) is 6.03. The Kier molecular flexibility index (Phi) is 9.72. The van der Waals surface area contributed by atoms with E-state index in [1.165, 1.54) is 49.5 Å². The van der Waals surface area contributed by atoms with E-state index in [-0.39, 0.29) is 23.8 Å². The SMILES string of the molecule is COc1ccc(CCN2C(=O)CC(C(=O)Nc3cc(Cl)cc(Cl)c3)SC2=Nc2cccc(C(F)(F)F)c2)cc1OC. The van der Waals surface area contributed by atoms with E-state index < -0.39 is 28.8 Å². The van der Waals surface area contributed by atoms with Crippen LogP contribution < -0.4 is 14.8 Å². The average molecular weight is 626 g/mol. The number of carbonyl (C=O) groups is 2. The Morgan fingerprint density at radius 1 is 1.05 bits per heavy atom. The Morgan fingerprint density at radius 3 is 2.41 bits per heavy atom. The van der Waals surface area contributed by atoms with E-state index >= 15 is 0 Å². The molecule has 1 aliphatic heterocycles. The second-order valence-electron chi connectivity index (χ2n) is 8.89. The average Bonchev–Trinajstić information content (AvgIpc) is 2.91. The summed E-state index contributed by atoms with van der Waals surface area (Å²) in [5, 5.41) is 2.52. The molecule has 0 saturated carbocycles. The van der Waals surface area contributed by atoms with Crippen LogP contribution in [0.5, 0.6) is 11.5 Å². The first-order valence-corrected chi connectivity index (χ1v) is 13.8. The van der Waals surface area contributed by atoms with Crippen LogP contribution in [-0.4, -0.2) is 47.9 Å². The van der Waals surface area contributed by atoms with Gasteiger partial charge in [0.05, 0.1) is 25.5 Å². The molecule has 1 N–H and O–H groups in total. The van der Waals surface area contributed by atoms with Crippen molar-refractivity contribution in [3.8, 4) is 11.5 Å². The first kappa shape index (κ1) is 30.5. The molecule has 3 aromatic rings. The van der Waals surface area contributed by atoms with Crippen molar-refractivity contribution in [2.45, 2.75) is 24.3 Å². The van der Waals surface area contributed by atoms with Crippen molar-refractivity contribution in [3.63, 3.8) is 0 Å². The summed E-state index contributed by atoms with van der Waals surface area (Å²) in [5.74, 6) is 0.153. The molecule has 1 saturated heterocycles. The predicted molar refractivity (Wildman–Crippen MR) is 155 cm³/mol. The van der Waals surface area contributed by atoms with E-state index in [9.17, 15) is 22.8 Å². The van der Waals surface area contributed by atoms with Gasteiger partial charge in [-0.1, -0.05) is 47.1 Å². The van der Waals surface area contributed by atoms with Crippen molar-refractivity contribution in [3.05, 3.63) is 81.8 Å². The van der Waals surface area contributed by atoms with Crippen LogP contribution in [0.15, 0.2) is 65.7 Å². The largest absolute Gasteiger partial charge is 0.493 e. The van der Waals surface area contributed by atoms with E-state index in [4.69, 9.17) is 32.7 Å². The summed E-state index contributed by atoms with van der Waals surface area (Å²) < 4.78 is 50.6. The number of carbonyl (C=O) groups excluding carboxylic acids is 2. The Hall–Kier alpha value is -3.41. The monoisotopic (exact) mass is 625 g/mol. The van der Waals surface area contributed by atoms with Crippen LogP contribution in [0.4, 0.5) is 24.5 Å². The number of hydrogen-bond acceptors (Lipinski definition) is 6. The number of amides is 2. The van der Waals surface area contributed by atoms with Gasteiger partial charge in [-0.05, 0) is 60.5 Å². The van der Waals surface area contributed by atoms with Gasteiger partial charge in [-0.25, -0.2) is 4.99 Å². The van der Waals surface area contributed by atoms with Gasteiger partial charge in [0.15, 0.2) is 16.7 Å². The van der Waals surface area contributed by atoms with Crippen LogP contribution >= 0.6 is 35.0 Å². The quantitative estimate of drug-likeness (QED) is 0.286. The molecule has 0 radical (unpaired) electrons. The van der Waals surface area contributed by atoms with Crippen molar-refractivity contribution in [2.24, 2.45) is 4.99 Å². The van der Waals surface area contributed by atoms with Gasteiger partial charge in [0, 0.05) is 28.7 Å². The number of hydrogen-bond donors (Lipinski definition) is 1. The minimum atomic E-state index is -4.57. The van der Waals surface area contributed by atoms with Crippen LogP contribution in [-0.2, 0) is 22.2 Å².